The van der Waals surface area contributed by atoms with E-state index in [1.807, 2.05) is 24.3 Å². The first-order chi connectivity index (χ1) is 13.3. The molecule has 0 aliphatic heterocycles. The predicted molar refractivity (Wildman–Crippen MR) is 109 cm³/mol. The van der Waals surface area contributed by atoms with Crippen molar-refractivity contribution in [3.05, 3.63) is 59.8 Å². The number of carbonyl (C=O) groups excluding carboxylic acids is 2. The van der Waals surface area contributed by atoms with Gasteiger partial charge >= 0.3 is 0 Å². The van der Waals surface area contributed by atoms with Crippen LogP contribution in [0, 0.1) is 0 Å². The van der Waals surface area contributed by atoms with Gasteiger partial charge < -0.3 is 16.4 Å². The molecule has 0 spiro atoms. The second-order valence-corrected chi connectivity index (χ2v) is 6.69. The molecule has 1 heterocycles. The molecule has 8 heteroatoms. The quantitative estimate of drug-likeness (QED) is 0.631. The van der Waals surface area contributed by atoms with Crippen molar-refractivity contribution < 1.29 is 9.59 Å². The van der Waals surface area contributed by atoms with E-state index in [2.05, 4.69) is 34.8 Å². The maximum Gasteiger partial charge on any atom is 0.280 e. The minimum atomic E-state index is -0.463. The number of hydrogen-bond acceptors (Lipinski definition) is 5. The number of nitrogens with zero attached hydrogens (tertiary/aromatic N) is 3. The Labute approximate surface area is 162 Å². The number of nitrogens with one attached hydrogen (secondary N) is 2. The zero-order valence-corrected chi connectivity index (χ0v) is 15.9. The van der Waals surface area contributed by atoms with Crippen molar-refractivity contribution in [1.29, 1.82) is 0 Å². The molecule has 2 aromatic carbocycles. The number of nitrogen functional groups attached to an aromatic ring is 1. The Bertz CT molecular complexity index is 991. The molecule has 4 N–H and O–H groups in total. The van der Waals surface area contributed by atoms with Crippen LogP contribution in [0.3, 0.4) is 0 Å². The Morgan fingerprint density at radius 3 is 2.07 bits per heavy atom. The van der Waals surface area contributed by atoms with E-state index in [1.165, 1.54) is 17.2 Å². The highest BCUT2D eigenvalue weighted by Gasteiger charge is 2.18. The van der Waals surface area contributed by atoms with Gasteiger partial charge in [0.25, 0.3) is 5.91 Å². The Balaban J connectivity index is 1.75. The van der Waals surface area contributed by atoms with E-state index in [0.717, 1.165) is 5.69 Å². The Morgan fingerprint density at radius 2 is 1.54 bits per heavy atom. The van der Waals surface area contributed by atoms with E-state index in [1.54, 1.807) is 24.3 Å². The summed E-state index contributed by atoms with van der Waals surface area (Å²) < 4.78 is 1.43. The van der Waals surface area contributed by atoms with Crippen molar-refractivity contribution in [3.8, 4) is 5.69 Å². The van der Waals surface area contributed by atoms with Crippen molar-refractivity contribution in [1.82, 2.24) is 15.0 Å². The van der Waals surface area contributed by atoms with Gasteiger partial charge in [-0.1, -0.05) is 31.2 Å². The average Bonchev–Trinajstić information content (AvgIpc) is 3.04. The molecule has 2 amide bonds. The zero-order chi connectivity index (χ0) is 20.3. The summed E-state index contributed by atoms with van der Waals surface area (Å²) >= 11 is 0. The monoisotopic (exact) mass is 378 g/mol. The maximum absolute atomic E-state index is 12.5. The topological polar surface area (TPSA) is 115 Å². The molecular weight excluding hydrogens is 356 g/mol. The van der Waals surface area contributed by atoms with Gasteiger partial charge in [-0.3, -0.25) is 9.59 Å². The maximum atomic E-state index is 12.5. The van der Waals surface area contributed by atoms with Crippen LogP contribution in [0.25, 0.3) is 5.69 Å². The van der Waals surface area contributed by atoms with Crippen LogP contribution in [0.2, 0.25) is 0 Å². The van der Waals surface area contributed by atoms with Crippen LogP contribution in [-0.4, -0.2) is 26.8 Å². The summed E-state index contributed by atoms with van der Waals surface area (Å²) in [6, 6.07) is 14.5. The second kappa shape index (κ2) is 7.91. The predicted octanol–water partition coefficient (Wildman–Crippen LogP) is 3.18. The third kappa shape index (κ3) is 4.17. The molecule has 0 aliphatic rings. The van der Waals surface area contributed by atoms with Gasteiger partial charge in [-0.2, -0.15) is 4.68 Å². The smallest absolute Gasteiger partial charge is 0.280 e. The summed E-state index contributed by atoms with van der Waals surface area (Å²) in [6.45, 7) is 5.66. The molecule has 28 heavy (non-hydrogen) atoms. The number of nitrogens with two attached hydrogens (primary N) is 1. The highest BCUT2D eigenvalue weighted by molar-refractivity contribution is 6.06. The number of hydrogen-bond donors (Lipinski definition) is 3. The molecule has 0 aliphatic carbocycles. The van der Waals surface area contributed by atoms with E-state index in [9.17, 15) is 9.59 Å². The van der Waals surface area contributed by atoms with Crippen LogP contribution in [0.15, 0.2) is 48.5 Å². The van der Waals surface area contributed by atoms with Gasteiger partial charge in [0.1, 0.15) is 0 Å². The van der Waals surface area contributed by atoms with Gasteiger partial charge in [-0.05, 0) is 47.9 Å². The van der Waals surface area contributed by atoms with Crippen molar-refractivity contribution in [2.75, 3.05) is 16.4 Å². The third-order valence-corrected chi connectivity index (χ3v) is 4.19. The summed E-state index contributed by atoms with van der Waals surface area (Å²) in [6.07, 6.45) is 0. The lowest BCUT2D eigenvalue weighted by Gasteiger charge is -2.08. The largest absolute Gasteiger partial charge is 0.382 e. The van der Waals surface area contributed by atoms with E-state index in [4.69, 9.17) is 5.73 Å². The van der Waals surface area contributed by atoms with Crippen LogP contribution in [0.5, 0.6) is 0 Å². The van der Waals surface area contributed by atoms with Crippen molar-refractivity contribution >= 4 is 29.0 Å². The molecule has 0 saturated carbocycles. The highest BCUT2D eigenvalue weighted by atomic mass is 16.2. The number of amides is 2. The molecule has 144 valence electrons. The molecular formula is C20H22N6O2. The molecule has 0 bridgehead atoms. The van der Waals surface area contributed by atoms with Gasteiger partial charge in [-0.15, -0.1) is 5.10 Å². The van der Waals surface area contributed by atoms with Crippen LogP contribution in [-0.2, 0) is 4.79 Å². The summed E-state index contributed by atoms with van der Waals surface area (Å²) in [4.78, 5) is 23.6. The fourth-order valence-corrected chi connectivity index (χ4v) is 2.67. The minimum absolute atomic E-state index is 0.0406. The standard InChI is InChI=1S/C20H22N6O2/c1-12(2)14-4-10-17(11-5-14)26-19(21)18(24-25-26)20(28)23-16-8-6-15(7-9-16)22-13(3)27/h4-12H,21H2,1-3H3,(H,22,27)(H,23,28). The third-order valence-electron chi connectivity index (χ3n) is 4.19. The molecule has 0 fully saturated rings. The molecule has 0 radical (unpaired) electrons. The lowest BCUT2D eigenvalue weighted by molar-refractivity contribution is -0.114. The molecule has 0 unspecified atom stereocenters. The molecule has 3 rings (SSSR count). The van der Waals surface area contributed by atoms with Crippen molar-refractivity contribution in [2.24, 2.45) is 0 Å². The summed E-state index contributed by atoms with van der Waals surface area (Å²) in [5.74, 6) is -0.0531. The van der Waals surface area contributed by atoms with Crippen LogP contribution >= 0.6 is 0 Å². The second-order valence-electron chi connectivity index (χ2n) is 6.69. The lowest BCUT2D eigenvalue weighted by Crippen LogP contribution is -2.15. The normalized spacial score (nSPS) is 10.7. The van der Waals surface area contributed by atoms with E-state index < -0.39 is 5.91 Å². The molecule has 3 aromatic rings. The number of aromatic nitrogens is 3. The van der Waals surface area contributed by atoms with Gasteiger partial charge in [-0.25, -0.2) is 0 Å². The highest BCUT2D eigenvalue weighted by Crippen LogP contribution is 2.20. The Kier molecular flexibility index (Phi) is 5.39. The average molecular weight is 378 g/mol. The van der Waals surface area contributed by atoms with Crippen molar-refractivity contribution in [2.45, 2.75) is 26.7 Å². The molecule has 8 nitrogen and oxygen atoms in total. The van der Waals surface area contributed by atoms with E-state index in [0.29, 0.717) is 17.3 Å². The minimum Gasteiger partial charge on any atom is -0.382 e. The Morgan fingerprint density at radius 1 is 0.964 bits per heavy atom. The summed E-state index contributed by atoms with van der Waals surface area (Å²) in [5, 5.41) is 13.3. The molecule has 1 aromatic heterocycles. The van der Waals surface area contributed by atoms with E-state index in [-0.39, 0.29) is 17.4 Å². The first-order valence-electron chi connectivity index (χ1n) is 8.85. The number of anilines is 3. The van der Waals surface area contributed by atoms with Gasteiger partial charge in [0.05, 0.1) is 5.69 Å². The van der Waals surface area contributed by atoms with Crippen LogP contribution < -0.4 is 16.4 Å². The SMILES string of the molecule is CC(=O)Nc1ccc(NC(=O)c2nnn(-c3ccc(C(C)C)cc3)c2N)cc1. The number of carbonyl (C=O) groups is 2. The first kappa shape index (κ1) is 19.1. The zero-order valence-electron chi connectivity index (χ0n) is 15.9. The Hall–Kier alpha value is -3.68. The van der Waals surface area contributed by atoms with Gasteiger partial charge in [0.15, 0.2) is 11.5 Å². The summed E-state index contributed by atoms with van der Waals surface area (Å²) in [5.41, 5.74) is 9.25. The van der Waals surface area contributed by atoms with Crippen molar-refractivity contribution in [3.63, 3.8) is 0 Å². The lowest BCUT2D eigenvalue weighted by atomic mass is 10.0. The van der Waals surface area contributed by atoms with Crippen LogP contribution in [0.4, 0.5) is 17.2 Å². The van der Waals surface area contributed by atoms with E-state index >= 15 is 0 Å². The number of rotatable bonds is 5. The number of benzene rings is 2. The van der Waals surface area contributed by atoms with Gasteiger partial charge in [0.2, 0.25) is 5.91 Å². The fourth-order valence-electron chi connectivity index (χ4n) is 2.67. The molecule has 0 saturated heterocycles. The molecule has 0 atom stereocenters. The van der Waals surface area contributed by atoms with Crippen LogP contribution in [0.1, 0.15) is 42.7 Å². The van der Waals surface area contributed by atoms with Gasteiger partial charge in [0, 0.05) is 18.3 Å². The summed E-state index contributed by atoms with van der Waals surface area (Å²) in [7, 11) is 0. The first-order valence-corrected chi connectivity index (χ1v) is 8.85. The fraction of sp³-hybridized carbons (Fsp3) is 0.200.